The van der Waals surface area contributed by atoms with Crippen LogP contribution in [0.2, 0.25) is 0 Å². The first-order valence-electron chi connectivity index (χ1n) is 4.11. The van der Waals surface area contributed by atoms with Crippen LogP contribution in [0, 0.1) is 4.91 Å². The maximum Gasteiger partial charge on any atom is 0.159 e. The molecule has 0 radical (unpaired) electrons. The molecule has 68 valence electrons. The summed E-state index contributed by atoms with van der Waals surface area (Å²) in [6, 6.07) is 9.55. The molecule has 0 N–H and O–H groups in total. The molecule has 1 aromatic heterocycles. The molecular formula is C10H7N3O. The Morgan fingerprint density at radius 2 is 1.64 bits per heavy atom. The van der Waals surface area contributed by atoms with Gasteiger partial charge in [0.1, 0.15) is 5.69 Å². The quantitative estimate of drug-likeness (QED) is 0.675. The minimum absolute atomic E-state index is 0.240. The minimum atomic E-state index is 0.240. The Hall–Kier alpha value is -2.10. The van der Waals surface area contributed by atoms with Gasteiger partial charge in [0.2, 0.25) is 0 Å². The number of rotatable bonds is 2. The Labute approximate surface area is 80.6 Å². The fourth-order valence-electron chi connectivity index (χ4n) is 1.10. The Bertz CT molecular complexity index is 425. The predicted octanol–water partition coefficient (Wildman–Crippen LogP) is 2.54. The summed E-state index contributed by atoms with van der Waals surface area (Å²) in [6.45, 7) is 0. The van der Waals surface area contributed by atoms with Gasteiger partial charge in [0.05, 0.1) is 12.4 Å². The number of benzene rings is 1. The zero-order chi connectivity index (χ0) is 9.80. The van der Waals surface area contributed by atoms with E-state index in [0.717, 1.165) is 5.56 Å². The Morgan fingerprint density at radius 3 is 2.21 bits per heavy atom. The van der Waals surface area contributed by atoms with Crippen LogP contribution in [0.15, 0.2) is 47.9 Å². The van der Waals surface area contributed by atoms with E-state index >= 15 is 0 Å². The highest BCUT2D eigenvalue weighted by atomic mass is 16.3. The first-order chi connectivity index (χ1) is 6.90. The van der Waals surface area contributed by atoms with Crippen molar-refractivity contribution in [1.82, 2.24) is 9.97 Å². The van der Waals surface area contributed by atoms with Gasteiger partial charge in [0, 0.05) is 5.56 Å². The van der Waals surface area contributed by atoms with Crippen molar-refractivity contribution in [3.8, 4) is 11.4 Å². The molecule has 0 aliphatic heterocycles. The summed E-state index contributed by atoms with van der Waals surface area (Å²) in [7, 11) is 0. The fourth-order valence-corrected chi connectivity index (χ4v) is 1.10. The molecule has 4 nitrogen and oxygen atoms in total. The minimum Gasteiger partial charge on any atom is -0.234 e. The van der Waals surface area contributed by atoms with Gasteiger partial charge in [-0.1, -0.05) is 30.3 Å². The standard InChI is InChI=1S/C10H7N3O/c14-13-9-6-11-10(12-7-9)8-4-2-1-3-5-8/h1-7H. The average Bonchev–Trinajstić information content (AvgIpc) is 2.30. The second-order valence-electron chi connectivity index (χ2n) is 2.72. The number of aromatic nitrogens is 2. The Morgan fingerprint density at radius 1 is 1.00 bits per heavy atom. The summed E-state index contributed by atoms with van der Waals surface area (Å²) in [5, 5.41) is 2.73. The van der Waals surface area contributed by atoms with E-state index in [0.29, 0.717) is 5.82 Å². The molecule has 0 saturated heterocycles. The molecule has 0 aliphatic carbocycles. The van der Waals surface area contributed by atoms with Gasteiger partial charge in [-0.2, -0.15) is 0 Å². The highest BCUT2D eigenvalue weighted by molar-refractivity contribution is 5.54. The molecule has 0 saturated carbocycles. The van der Waals surface area contributed by atoms with E-state index in [1.807, 2.05) is 30.3 Å². The smallest absolute Gasteiger partial charge is 0.159 e. The maximum absolute atomic E-state index is 10.1. The summed E-state index contributed by atoms with van der Waals surface area (Å²) in [4.78, 5) is 18.2. The molecule has 0 spiro atoms. The fraction of sp³-hybridized carbons (Fsp3) is 0. The molecule has 0 fully saturated rings. The summed E-state index contributed by atoms with van der Waals surface area (Å²) >= 11 is 0. The van der Waals surface area contributed by atoms with Gasteiger partial charge in [-0.25, -0.2) is 9.97 Å². The van der Waals surface area contributed by atoms with E-state index in [9.17, 15) is 4.91 Å². The van der Waals surface area contributed by atoms with Crippen molar-refractivity contribution in [2.45, 2.75) is 0 Å². The lowest BCUT2D eigenvalue weighted by molar-refractivity contribution is 1.16. The summed E-state index contributed by atoms with van der Waals surface area (Å²) in [5.41, 5.74) is 1.16. The van der Waals surface area contributed by atoms with Gasteiger partial charge in [-0.15, -0.1) is 4.91 Å². The lowest BCUT2D eigenvalue weighted by Crippen LogP contribution is -1.86. The molecule has 0 bridgehead atoms. The first-order valence-corrected chi connectivity index (χ1v) is 4.11. The summed E-state index contributed by atoms with van der Waals surface area (Å²) in [5.74, 6) is 0.595. The number of nitroso groups, excluding NO2 is 1. The first kappa shape index (κ1) is 8.50. The van der Waals surface area contributed by atoms with Crippen LogP contribution < -0.4 is 0 Å². The molecule has 0 aliphatic rings. The number of nitrogens with zero attached hydrogens (tertiary/aromatic N) is 3. The second-order valence-corrected chi connectivity index (χ2v) is 2.72. The SMILES string of the molecule is O=Nc1cnc(-c2ccccc2)nc1. The lowest BCUT2D eigenvalue weighted by atomic mass is 10.2. The summed E-state index contributed by atoms with van der Waals surface area (Å²) in [6.07, 6.45) is 2.81. The Balaban J connectivity index is 2.39. The zero-order valence-electron chi connectivity index (χ0n) is 7.29. The van der Waals surface area contributed by atoms with Crippen LogP contribution in [0.1, 0.15) is 0 Å². The van der Waals surface area contributed by atoms with Crippen molar-refractivity contribution in [3.63, 3.8) is 0 Å². The van der Waals surface area contributed by atoms with E-state index in [2.05, 4.69) is 15.1 Å². The van der Waals surface area contributed by atoms with Crippen molar-refractivity contribution < 1.29 is 0 Å². The van der Waals surface area contributed by atoms with Crippen molar-refractivity contribution >= 4 is 5.69 Å². The van der Waals surface area contributed by atoms with Gasteiger partial charge < -0.3 is 0 Å². The molecule has 0 amide bonds. The molecule has 0 unspecified atom stereocenters. The van der Waals surface area contributed by atoms with Crippen molar-refractivity contribution in [2.75, 3.05) is 0 Å². The molecule has 2 aromatic rings. The van der Waals surface area contributed by atoms with Gasteiger partial charge >= 0.3 is 0 Å². The predicted molar refractivity (Wildman–Crippen MR) is 52.9 cm³/mol. The van der Waals surface area contributed by atoms with E-state index in [4.69, 9.17) is 0 Å². The Kier molecular flexibility index (Phi) is 2.27. The monoisotopic (exact) mass is 185 g/mol. The van der Waals surface area contributed by atoms with Crippen LogP contribution in [-0.2, 0) is 0 Å². The second kappa shape index (κ2) is 3.74. The van der Waals surface area contributed by atoms with E-state index in [1.54, 1.807) is 0 Å². The van der Waals surface area contributed by atoms with Crippen molar-refractivity contribution in [1.29, 1.82) is 0 Å². The van der Waals surface area contributed by atoms with Gasteiger partial charge in [-0.05, 0) is 5.18 Å². The van der Waals surface area contributed by atoms with Crippen LogP contribution in [-0.4, -0.2) is 9.97 Å². The molecule has 0 atom stereocenters. The van der Waals surface area contributed by atoms with Crippen molar-refractivity contribution in [3.05, 3.63) is 47.6 Å². The molecule has 14 heavy (non-hydrogen) atoms. The van der Waals surface area contributed by atoms with Crippen LogP contribution in [0.5, 0.6) is 0 Å². The topological polar surface area (TPSA) is 55.2 Å². The lowest BCUT2D eigenvalue weighted by Gasteiger charge is -1.97. The number of hydrogen-bond acceptors (Lipinski definition) is 4. The van der Waals surface area contributed by atoms with Crippen molar-refractivity contribution in [2.24, 2.45) is 5.18 Å². The average molecular weight is 185 g/mol. The van der Waals surface area contributed by atoms with Gasteiger partial charge in [-0.3, -0.25) is 0 Å². The normalized spacial score (nSPS) is 9.71. The third-order valence-electron chi connectivity index (χ3n) is 1.78. The van der Waals surface area contributed by atoms with Crippen LogP contribution in [0.3, 0.4) is 0 Å². The van der Waals surface area contributed by atoms with Crippen LogP contribution >= 0.6 is 0 Å². The third-order valence-corrected chi connectivity index (χ3v) is 1.78. The molecule has 2 rings (SSSR count). The molecular weight excluding hydrogens is 178 g/mol. The molecule has 4 heteroatoms. The van der Waals surface area contributed by atoms with E-state index < -0.39 is 0 Å². The van der Waals surface area contributed by atoms with Crippen LogP contribution in [0.4, 0.5) is 5.69 Å². The van der Waals surface area contributed by atoms with Gasteiger partial charge in [0.25, 0.3) is 0 Å². The molecule has 1 heterocycles. The summed E-state index contributed by atoms with van der Waals surface area (Å²) < 4.78 is 0. The molecule has 1 aromatic carbocycles. The third kappa shape index (κ3) is 1.64. The zero-order valence-corrected chi connectivity index (χ0v) is 7.29. The van der Waals surface area contributed by atoms with E-state index in [1.165, 1.54) is 12.4 Å². The highest BCUT2D eigenvalue weighted by Crippen LogP contribution is 2.15. The highest BCUT2D eigenvalue weighted by Gasteiger charge is 1.99. The van der Waals surface area contributed by atoms with Gasteiger partial charge in [0.15, 0.2) is 5.82 Å². The maximum atomic E-state index is 10.1. The van der Waals surface area contributed by atoms with E-state index in [-0.39, 0.29) is 5.69 Å². The largest absolute Gasteiger partial charge is 0.234 e. The number of hydrogen-bond donors (Lipinski definition) is 0. The van der Waals surface area contributed by atoms with Crippen LogP contribution in [0.25, 0.3) is 11.4 Å².